The molecule has 0 aliphatic carbocycles. The lowest BCUT2D eigenvalue weighted by Crippen LogP contribution is -2.42. The maximum atomic E-state index is 12.4. The SMILES string of the molecule is CC(C)COC(=O)[C@H](N)[C@@H](C(=O)OCC(C)C)c1ccccc1. The van der Waals surface area contributed by atoms with Gasteiger partial charge in [-0.05, 0) is 17.4 Å². The Morgan fingerprint density at radius 2 is 1.39 bits per heavy atom. The lowest BCUT2D eigenvalue weighted by Gasteiger charge is -2.22. The molecule has 0 bridgehead atoms. The van der Waals surface area contributed by atoms with E-state index in [1.807, 2.05) is 33.8 Å². The van der Waals surface area contributed by atoms with Crippen molar-refractivity contribution in [1.29, 1.82) is 0 Å². The van der Waals surface area contributed by atoms with Gasteiger partial charge in [0.05, 0.1) is 13.2 Å². The van der Waals surface area contributed by atoms with E-state index in [0.29, 0.717) is 5.56 Å². The molecule has 2 atom stereocenters. The summed E-state index contributed by atoms with van der Waals surface area (Å²) in [4.78, 5) is 24.6. The van der Waals surface area contributed by atoms with Crippen molar-refractivity contribution in [3.63, 3.8) is 0 Å². The van der Waals surface area contributed by atoms with Crippen LogP contribution in [0.3, 0.4) is 0 Å². The van der Waals surface area contributed by atoms with E-state index < -0.39 is 23.9 Å². The Labute approximate surface area is 138 Å². The highest BCUT2D eigenvalue weighted by molar-refractivity contribution is 5.88. The minimum atomic E-state index is -1.09. The second-order valence-corrected chi connectivity index (χ2v) is 6.46. The average molecular weight is 321 g/mol. The topological polar surface area (TPSA) is 78.6 Å². The largest absolute Gasteiger partial charge is 0.465 e. The summed E-state index contributed by atoms with van der Waals surface area (Å²) >= 11 is 0. The van der Waals surface area contributed by atoms with Crippen LogP contribution in [0.4, 0.5) is 0 Å². The Morgan fingerprint density at radius 1 is 0.913 bits per heavy atom. The fourth-order valence-electron chi connectivity index (χ4n) is 1.97. The molecule has 1 aromatic rings. The highest BCUT2D eigenvalue weighted by atomic mass is 16.5. The van der Waals surface area contributed by atoms with Crippen LogP contribution < -0.4 is 5.73 Å². The number of carbonyl (C=O) groups excluding carboxylic acids is 2. The minimum absolute atomic E-state index is 0.203. The van der Waals surface area contributed by atoms with Gasteiger partial charge in [0.1, 0.15) is 12.0 Å². The van der Waals surface area contributed by atoms with E-state index in [9.17, 15) is 9.59 Å². The van der Waals surface area contributed by atoms with Gasteiger partial charge in [-0.15, -0.1) is 0 Å². The molecule has 1 aromatic carbocycles. The molecule has 0 amide bonds. The number of hydrogen-bond acceptors (Lipinski definition) is 5. The van der Waals surface area contributed by atoms with Crippen molar-refractivity contribution in [2.75, 3.05) is 13.2 Å². The van der Waals surface area contributed by atoms with E-state index in [1.54, 1.807) is 24.3 Å². The molecule has 0 saturated heterocycles. The van der Waals surface area contributed by atoms with Gasteiger partial charge in [-0.2, -0.15) is 0 Å². The van der Waals surface area contributed by atoms with Gasteiger partial charge in [-0.3, -0.25) is 9.59 Å². The number of rotatable bonds is 8. The zero-order valence-electron chi connectivity index (χ0n) is 14.3. The molecule has 0 saturated carbocycles. The molecule has 2 N–H and O–H groups in total. The van der Waals surface area contributed by atoms with E-state index in [0.717, 1.165) is 0 Å². The molecule has 0 aromatic heterocycles. The van der Waals surface area contributed by atoms with Crippen LogP contribution in [0.25, 0.3) is 0 Å². The summed E-state index contributed by atoms with van der Waals surface area (Å²) < 4.78 is 10.5. The zero-order valence-corrected chi connectivity index (χ0v) is 14.3. The molecule has 1 rings (SSSR count). The third-order valence-electron chi connectivity index (χ3n) is 3.16. The Bertz CT molecular complexity index is 499. The van der Waals surface area contributed by atoms with E-state index in [4.69, 9.17) is 15.2 Å². The lowest BCUT2D eigenvalue weighted by atomic mass is 9.92. The monoisotopic (exact) mass is 321 g/mol. The fraction of sp³-hybridized carbons (Fsp3) is 0.556. The number of ether oxygens (including phenoxy) is 2. The standard InChI is InChI=1S/C18H27NO4/c1-12(2)10-22-17(20)15(14-8-6-5-7-9-14)16(19)18(21)23-11-13(3)4/h5-9,12-13,15-16H,10-11,19H2,1-4H3/t15-,16+/m0/s1. The van der Waals surface area contributed by atoms with E-state index in [1.165, 1.54) is 0 Å². The van der Waals surface area contributed by atoms with Crippen LogP contribution in [0.1, 0.15) is 39.2 Å². The Hall–Kier alpha value is -1.88. The predicted octanol–water partition coefficient (Wildman–Crippen LogP) is 2.50. The predicted molar refractivity (Wildman–Crippen MR) is 88.8 cm³/mol. The van der Waals surface area contributed by atoms with Gasteiger partial charge >= 0.3 is 11.9 Å². The van der Waals surface area contributed by atoms with E-state index in [-0.39, 0.29) is 25.0 Å². The normalized spacial score (nSPS) is 13.7. The van der Waals surface area contributed by atoms with Crippen LogP contribution in [-0.4, -0.2) is 31.2 Å². The van der Waals surface area contributed by atoms with Crippen LogP contribution in [0, 0.1) is 11.8 Å². The molecule has 0 aliphatic rings. The third kappa shape index (κ3) is 6.40. The van der Waals surface area contributed by atoms with Crippen molar-refractivity contribution in [2.45, 2.75) is 39.7 Å². The second kappa shape index (κ2) is 9.30. The van der Waals surface area contributed by atoms with Gasteiger partial charge in [0.25, 0.3) is 0 Å². The first-order valence-electron chi connectivity index (χ1n) is 7.96. The van der Waals surface area contributed by atoms with Crippen molar-refractivity contribution in [3.8, 4) is 0 Å². The molecule has 0 fully saturated rings. The first-order chi connectivity index (χ1) is 10.8. The summed E-state index contributed by atoms with van der Waals surface area (Å²) in [5, 5.41) is 0. The Morgan fingerprint density at radius 3 is 1.87 bits per heavy atom. The van der Waals surface area contributed by atoms with Gasteiger partial charge in [0.2, 0.25) is 0 Å². The molecule has 23 heavy (non-hydrogen) atoms. The van der Waals surface area contributed by atoms with Crippen molar-refractivity contribution >= 4 is 11.9 Å². The number of carbonyl (C=O) groups is 2. The van der Waals surface area contributed by atoms with Crippen molar-refractivity contribution in [1.82, 2.24) is 0 Å². The van der Waals surface area contributed by atoms with Crippen molar-refractivity contribution in [2.24, 2.45) is 17.6 Å². The van der Waals surface area contributed by atoms with E-state index >= 15 is 0 Å². The zero-order chi connectivity index (χ0) is 17.4. The van der Waals surface area contributed by atoms with Gasteiger partial charge in [-0.1, -0.05) is 58.0 Å². The molecule has 0 unspecified atom stereocenters. The Balaban J connectivity index is 2.90. The van der Waals surface area contributed by atoms with Gasteiger partial charge in [-0.25, -0.2) is 0 Å². The average Bonchev–Trinajstić information content (AvgIpc) is 2.51. The van der Waals surface area contributed by atoms with E-state index in [2.05, 4.69) is 0 Å². The van der Waals surface area contributed by atoms with Gasteiger partial charge in [0, 0.05) is 0 Å². The fourth-order valence-corrected chi connectivity index (χ4v) is 1.97. The maximum absolute atomic E-state index is 12.4. The van der Waals surface area contributed by atoms with Crippen molar-refractivity contribution in [3.05, 3.63) is 35.9 Å². The maximum Gasteiger partial charge on any atom is 0.324 e. The first kappa shape index (κ1) is 19.2. The molecular weight excluding hydrogens is 294 g/mol. The van der Waals surface area contributed by atoms with Crippen LogP contribution in [-0.2, 0) is 19.1 Å². The van der Waals surface area contributed by atoms with Gasteiger partial charge < -0.3 is 15.2 Å². The number of nitrogens with two attached hydrogens (primary N) is 1. The number of esters is 2. The summed E-state index contributed by atoms with van der Waals surface area (Å²) in [5.41, 5.74) is 6.66. The molecule has 0 heterocycles. The third-order valence-corrected chi connectivity index (χ3v) is 3.16. The Kier molecular flexibility index (Phi) is 7.75. The molecule has 0 aliphatic heterocycles. The molecular formula is C18H27NO4. The van der Waals surface area contributed by atoms with Crippen LogP contribution in [0.15, 0.2) is 30.3 Å². The van der Waals surface area contributed by atoms with Crippen LogP contribution >= 0.6 is 0 Å². The van der Waals surface area contributed by atoms with Gasteiger partial charge in [0.15, 0.2) is 0 Å². The first-order valence-corrected chi connectivity index (χ1v) is 7.96. The smallest absolute Gasteiger partial charge is 0.324 e. The second-order valence-electron chi connectivity index (χ2n) is 6.46. The minimum Gasteiger partial charge on any atom is -0.465 e. The number of benzene rings is 1. The summed E-state index contributed by atoms with van der Waals surface area (Å²) in [6, 6.07) is 7.86. The lowest BCUT2D eigenvalue weighted by molar-refractivity contribution is -0.154. The van der Waals surface area contributed by atoms with Crippen LogP contribution in [0.2, 0.25) is 0 Å². The number of hydrogen-bond donors (Lipinski definition) is 1. The molecule has 0 radical (unpaired) electrons. The molecule has 5 heteroatoms. The summed E-state index contributed by atoms with van der Waals surface area (Å²) in [6.07, 6.45) is 0. The highest BCUT2D eigenvalue weighted by Gasteiger charge is 2.34. The quantitative estimate of drug-likeness (QED) is 0.744. The highest BCUT2D eigenvalue weighted by Crippen LogP contribution is 2.22. The summed E-state index contributed by atoms with van der Waals surface area (Å²) in [7, 11) is 0. The van der Waals surface area contributed by atoms with Crippen molar-refractivity contribution < 1.29 is 19.1 Å². The summed E-state index contributed by atoms with van der Waals surface area (Å²) in [6.45, 7) is 8.32. The molecule has 0 spiro atoms. The van der Waals surface area contributed by atoms with Crippen LogP contribution in [0.5, 0.6) is 0 Å². The summed E-state index contributed by atoms with van der Waals surface area (Å²) in [5.74, 6) is -1.55. The molecule has 128 valence electrons. The molecule has 5 nitrogen and oxygen atoms in total.